The number of aromatic amines is 1. The van der Waals surface area contributed by atoms with Gasteiger partial charge in [0.25, 0.3) is 0 Å². The molecule has 2 heterocycles. The Bertz CT molecular complexity index is 494. The maximum atomic E-state index is 5.34. The summed E-state index contributed by atoms with van der Waals surface area (Å²) < 4.78 is 6.67. The highest BCUT2D eigenvalue weighted by Crippen LogP contribution is 2.43. The van der Waals surface area contributed by atoms with Crippen LogP contribution in [-0.4, -0.2) is 33.8 Å². The number of thioether (sulfide) groups is 2. The molecule has 1 aliphatic heterocycles. The number of rotatable bonds is 4. The standard InChI is InChI=1S/C12H17BrN2OS3/c1-3-8-10(19-5-4-18-8)11-14-7(6-16-2)9(13)12(17)15-11/h8,10H,3-6H2,1-2H3,(H,14,15,17). The summed E-state index contributed by atoms with van der Waals surface area (Å²) in [7, 11) is 1.68. The molecule has 0 radical (unpaired) electrons. The molecule has 0 amide bonds. The number of nitrogens with zero attached hydrogens (tertiary/aromatic N) is 1. The zero-order valence-corrected chi connectivity index (χ0v) is 15.0. The third-order valence-corrected chi connectivity index (χ3v) is 7.63. The predicted octanol–water partition coefficient (Wildman–Crippen LogP) is 4.35. The van der Waals surface area contributed by atoms with Gasteiger partial charge in [-0.25, -0.2) is 4.98 Å². The molecule has 2 rings (SSSR count). The zero-order valence-electron chi connectivity index (χ0n) is 10.9. The Morgan fingerprint density at radius 2 is 2.21 bits per heavy atom. The van der Waals surface area contributed by atoms with Crippen LogP contribution in [0.25, 0.3) is 0 Å². The van der Waals surface area contributed by atoms with Crippen LogP contribution in [0.5, 0.6) is 0 Å². The molecule has 1 saturated heterocycles. The van der Waals surface area contributed by atoms with Gasteiger partial charge in [0, 0.05) is 23.9 Å². The Labute approximate surface area is 135 Å². The number of hydrogen-bond acceptors (Lipinski definition) is 5. The van der Waals surface area contributed by atoms with E-state index in [2.05, 4.69) is 32.8 Å². The number of ether oxygens (including phenoxy) is 1. The maximum absolute atomic E-state index is 5.34. The molecule has 1 N–H and O–H groups in total. The number of nitrogens with one attached hydrogen (secondary N) is 1. The van der Waals surface area contributed by atoms with Gasteiger partial charge in [0.05, 0.1) is 22.0 Å². The molecule has 7 heteroatoms. The fourth-order valence-corrected chi connectivity index (χ4v) is 5.60. The summed E-state index contributed by atoms with van der Waals surface area (Å²) in [6, 6.07) is 0. The first-order valence-corrected chi connectivity index (χ1v) is 9.48. The van der Waals surface area contributed by atoms with Gasteiger partial charge in [0.2, 0.25) is 0 Å². The van der Waals surface area contributed by atoms with E-state index in [1.807, 2.05) is 23.5 Å². The highest BCUT2D eigenvalue weighted by atomic mass is 79.9. The van der Waals surface area contributed by atoms with Crippen LogP contribution in [0.3, 0.4) is 0 Å². The van der Waals surface area contributed by atoms with Crippen molar-refractivity contribution in [3.63, 3.8) is 0 Å². The quantitative estimate of drug-likeness (QED) is 0.785. The summed E-state index contributed by atoms with van der Waals surface area (Å²) in [5.74, 6) is 3.38. The van der Waals surface area contributed by atoms with E-state index in [-0.39, 0.29) is 0 Å². The summed E-state index contributed by atoms with van der Waals surface area (Å²) in [5, 5.41) is 1.00. The van der Waals surface area contributed by atoms with E-state index in [1.54, 1.807) is 7.11 Å². The third kappa shape index (κ3) is 3.75. The van der Waals surface area contributed by atoms with Crippen molar-refractivity contribution in [2.45, 2.75) is 30.5 Å². The molecule has 2 unspecified atom stereocenters. The Hall–Kier alpha value is 0.440. The average Bonchev–Trinajstić information content (AvgIpc) is 2.43. The molecule has 106 valence electrons. The minimum atomic E-state index is 0.397. The molecule has 1 aromatic rings. The van der Waals surface area contributed by atoms with E-state index in [0.717, 1.165) is 22.4 Å². The van der Waals surface area contributed by atoms with Crippen molar-refractivity contribution in [2.24, 2.45) is 0 Å². The highest BCUT2D eigenvalue weighted by molar-refractivity contribution is 9.10. The summed E-state index contributed by atoms with van der Waals surface area (Å²) in [4.78, 5) is 7.96. The molecule has 0 bridgehead atoms. The topological polar surface area (TPSA) is 37.9 Å². The fourth-order valence-electron chi connectivity index (χ4n) is 2.06. The third-order valence-electron chi connectivity index (χ3n) is 2.96. The van der Waals surface area contributed by atoms with Crippen LogP contribution in [0.15, 0.2) is 4.47 Å². The largest absolute Gasteiger partial charge is 0.378 e. The number of halogens is 1. The van der Waals surface area contributed by atoms with E-state index in [9.17, 15) is 0 Å². The van der Waals surface area contributed by atoms with Crippen molar-refractivity contribution in [3.8, 4) is 0 Å². The molecule has 1 aliphatic rings. The fraction of sp³-hybridized carbons (Fsp3) is 0.667. The molecule has 1 aromatic heterocycles. The number of methoxy groups -OCH3 is 1. The Morgan fingerprint density at radius 3 is 2.89 bits per heavy atom. The first kappa shape index (κ1) is 15.8. The van der Waals surface area contributed by atoms with Crippen molar-refractivity contribution >= 4 is 51.7 Å². The van der Waals surface area contributed by atoms with Gasteiger partial charge in [-0.1, -0.05) is 19.1 Å². The smallest absolute Gasteiger partial charge is 0.144 e. The van der Waals surface area contributed by atoms with E-state index in [4.69, 9.17) is 17.0 Å². The lowest BCUT2D eigenvalue weighted by Gasteiger charge is -2.29. The van der Waals surface area contributed by atoms with E-state index < -0.39 is 0 Å². The zero-order chi connectivity index (χ0) is 13.8. The lowest BCUT2D eigenvalue weighted by Crippen LogP contribution is -2.21. The van der Waals surface area contributed by atoms with Gasteiger partial charge in [-0.2, -0.15) is 11.8 Å². The van der Waals surface area contributed by atoms with Crippen molar-refractivity contribution in [3.05, 3.63) is 20.6 Å². The lowest BCUT2D eigenvalue weighted by atomic mass is 10.2. The molecular weight excluding hydrogens is 364 g/mol. The van der Waals surface area contributed by atoms with Crippen molar-refractivity contribution < 1.29 is 4.74 Å². The van der Waals surface area contributed by atoms with Gasteiger partial charge in [0.1, 0.15) is 10.5 Å². The summed E-state index contributed by atoms with van der Waals surface area (Å²) in [6.45, 7) is 2.75. The molecule has 0 aliphatic carbocycles. The van der Waals surface area contributed by atoms with Crippen LogP contribution in [0.4, 0.5) is 0 Å². The molecular formula is C12H17BrN2OS3. The van der Waals surface area contributed by atoms with Gasteiger partial charge in [0.15, 0.2) is 0 Å². The van der Waals surface area contributed by atoms with Gasteiger partial charge < -0.3 is 9.72 Å². The Balaban J connectivity index is 2.35. The SMILES string of the molecule is CCC1SCCSC1c1nc(=S)c(Br)c(COC)[nH]1. The maximum Gasteiger partial charge on any atom is 0.144 e. The van der Waals surface area contributed by atoms with Crippen LogP contribution in [0.1, 0.15) is 30.1 Å². The molecule has 19 heavy (non-hydrogen) atoms. The Kier molecular flexibility index (Phi) is 6.20. The second-order valence-electron chi connectivity index (χ2n) is 4.26. The number of aromatic nitrogens is 2. The van der Waals surface area contributed by atoms with E-state index >= 15 is 0 Å². The van der Waals surface area contributed by atoms with Crippen LogP contribution in [0, 0.1) is 4.64 Å². The van der Waals surface area contributed by atoms with Crippen molar-refractivity contribution in [2.75, 3.05) is 18.6 Å². The molecule has 0 aromatic carbocycles. The summed E-state index contributed by atoms with van der Waals surface area (Å²) in [6.07, 6.45) is 1.15. The summed E-state index contributed by atoms with van der Waals surface area (Å²) in [5.41, 5.74) is 0.975. The molecule has 0 saturated carbocycles. The first-order chi connectivity index (χ1) is 9.17. The monoisotopic (exact) mass is 380 g/mol. The minimum Gasteiger partial charge on any atom is -0.378 e. The highest BCUT2D eigenvalue weighted by Gasteiger charge is 2.28. The van der Waals surface area contributed by atoms with Gasteiger partial charge in [-0.05, 0) is 22.4 Å². The van der Waals surface area contributed by atoms with Crippen LogP contribution in [-0.2, 0) is 11.3 Å². The predicted molar refractivity (Wildman–Crippen MR) is 89.6 cm³/mol. The molecule has 3 nitrogen and oxygen atoms in total. The minimum absolute atomic E-state index is 0.397. The van der Waals surface area contributed by atoms with Crippen LogP contribution in [0.2, 0.25) is 0 Å². The van der Waals surface area contributed by atoms with Gasteiger partial charge >= 0.3 is 0 Å². The van der Waals surface area contributed by atoms with Gasteiger partial charge in [-0.15, -0.1) is 11.8 Å². The second-order valence-corrected chi connectivity index (χ2v) is 8.04. The van der Waals surface area contributed by atoms with E-state index in [0.29, 0.717) is 21.7 Å². The van der Waals surface area contributed by atoms with Crippen LogP contribution < -0.4 is 0 Å². The van der Waals surface area contributed by atoms with Crippen molar-refractivity contribution in [1.29, 1.82) is 0 Å². The van der Waals surface area contributed by atoms with E-state index in [1.165, 1.54) is 11.5 Å². The second kappa shape index (κ2) is 7.45. The van der Waals surface area contributed by atoms with Gasteiger partial charge in [-0.3, -0.25) is 0 Å². The van der Waals surface area contributed by atoms with Crippen molar-refractivity contribution in [1.82, 2.24) is 9.97 Å². The molecule has 1 fully saturated rings. The Morgan fingerprint density at radius 1 is 1.47 bits per heavy atom. The number of hydrogen-bond donors (Lipinski definition) is 1. The first-order valence-electron chi connectivity index (χ1n) is 6.18. The average molecular weight is 381 g/mol. The molecule has 0 spiro atoms. The normalized spacial score (nSPS) is 23.5. The van der Waals surface area contributed by atoms with Crippen LogP contribution >= 0.6 is 51.7 Å². The lowest BCUT2D eigenvalue weighted by molar-refractivity contribution is 0.180. The molecule has 2 atom stereocenters. The summed E-state index contributed by atoms with van der Waals surface area (Å²) >= 11 is 12.8. The number of H-pyrrole nitrogens is 1.